The summed E-state index contributed by atoms with van der Waals surface area (Å²) in [6.07, 6.45) is 3.55. The summed E-state index contributed by atoms with van der Waals surface area (Å²) in [5.41, 5.74) is 1.97. The number of fused-ring (bicyclic) bond motifs is 1. The minimum absolute atomic E-state index is 0.193. The van der Waals surface area contributed by atoms with Crippen LogP contribution in [0.3, 0.4) is 0 Å². The van der Waals surface area contributed by atoms with Crippen LogP contribution in [0, 0.1) is 6.92 Å². The molecule has 134 valence electrons. The Balaban J connectivity index is 1.48. The van der Waals surface area contributed by atoms with Crippen molar-refractivity contribution in [1.29, 1.82) is 0 Å². The van der Waals surface area contributed by atoms with Gasteiger partial charge in [-0.1, -0.05) is 6.07 Å². The lowest BCUT2D eigenvalue weighted by molar-refractivity contribution is 0.0943. The zero-order chi connectivity index (χ0) is 17.9. The fourth-order valence-corrected chi connectivity index (χ4v) is 3.07. The number of nitrogens with one attached hydrogen (secondary N) is 1. The van der Waals surface area contributed by atoms with Crippen LogP contribution < -0.4 is 10.2 Å². The fourth-order valence-electron chi connectivity index (χ4n) is 3.07. The predicted octanol–water partition coefficient (Wildman–Crippen LogP) is 1.20. The Kier molecular flexibility index (Phi) is 4.49. The standard InChI is InChI=1S/C18H20N6O2/c1-13-17(24-7-3-2-4-16(24)21-13)18(25)20-12-14-19-6-5-15(22-14)23-8-10-26-11-9-23/h2-7H,8-12H2,1H3,(H,20,25). The molecule has 0 unspecified atom stereocenters. The van der Waals surface area contributed by atoms with E-state index in [1.807, 2.05) is 37.4 Å². The van der Waals surface area contributed by atoms with E-state index in [0.29, 0.717) is 30.4 Å². The monoisotopic (exact) mass is 352 g/mol. The molecule has 0 radical (unpaired) electrons. The first-order chi connectivity index (χ1) is 12.7. The number of pyridine rings is 1. The molecule has 0 bridgehead atoms. The Morgan fingerprint density at radius 2 is 2.08 bits per heavy atom. The molecule has 4 rings (SSSR count). The number of imidazole rings is 1. The van der Waals surface area contributed by atoms with Crippen molar-refractivity contribution in [2.75, 3.05) is 31.2 Å². The summed E-state index contributed by atoms with van der Waals surface area (Å²) in [6, 6.07) is 7.53. The van der Waals surface area contributed by atoms with Crippen molar-refractivity contribution < 1.29 is 9.53 Å². The normalized spacial score (nSPS) is 14.6. The van der Waals surface area contributed by atoms with E-state index in [1.165, 1.54) is 0 Å². The maximum atomic E-state index is 12.6. The minimum atomic E-state index is -0.193. The molecule has 0 spiro atoms. The number of aryl methyl sites for hydroxylation is 1. The molecule has 0 aliphatic carbocycles. The van der Waals surface area contributed by atoms with Crippen molar-refractivity contribution in [3.05, 3.63) is 53.9 Å². The van der Waals surface area contributed by atoms with Crippen LogP contribution in [-0.2, 0) is 11.3 Å². The molecule has 3 aromatic rings. The number of hydrogen-bond donors (Lipinski definition) is 1. The van der Waals surface area contributed by atoms with Gasteiger partial charge >= 0.3 is 0 Å². The molecule has 0 aromatic carbocycles. The second-order valence-electron chi connectivity index (χ2n) is 6.09. The number of aromatic nitrogens is 4. The summed E-state index contributed by atoms with van der Waals surface area (Å²) in [5.74, 6) is 1.24. The van der Waals surface area contributed by atoms with Crippen molar-refractivity contribution in [2.45, 2.75) is 13.5 Å². The van der Waals surface area contributed by atoms with E-state index >= 15 is 0 Å². The third kappa shape index (κ3) is 3.23. The molecule has 1 aliphatic rings. The lowest BCUT2D eigenvalue weighted by atomic mass is 10.3. The first kappa shape index (κ1) is 16.5. The Morgan fingerprint density at radius 3 is 2.92 bits per heavy atom. The van der Waals surface area contributed by atoms with Crippen LogP contribution in [0.2, 0.25) is 0 Å². The Bertz CT molecular complexity index is 932. The van der Waals surface area contributed by atoms with E-state index in [-0.39, 0.29) is 12.5 Å². The summed E-state index contributed by atoms with van der Waals surface area (Å²) in [5, 5.41) is 2.90. The summed E-state index contributed by atoms with van der Waals surface area (Å²) >= 11 is 0. The number of carbonyl (C=O) groups is 1. The van der Waals surface area contributed by atoms with Crippen LogP contribution >= 0.6 is 0 Å². The highest BCUT2D eigenvalue weighted by Crippen LogP contribution is 2.13. The van der Waals surface area contributed by atoms with Gasteiger partial charge in [0, 0.05) is 25.5 Å². The van der Waals surface area contributed by atoms with Crippen molar-refractivity contribution in [3.63, 3.8) is 0 Å². The molecular formula is C18H20N6O2. The van der Waals surface area contributed by atoms with Gasteiger partial charge in [0.2, 0.25) is 0 Å². The van der Waals surface area contributed by atoms with Crippen molar-refractivity contribution >= 4 is 17.4 Å². The summed E-state index contributed by atoms with van der Waals surface area (Å²) in [4.78, 5) is 28.0. The quantitative estimate of drug-likeness (QED) is 0.759. The van der Waals surface area contributed by atoms with E-state index in [0.717, 1.165) is 24.6 Å². The predicted molar refractivity (Wildman–Crippen MR) is 96.2 cm³/mol. The van der Waals surface area contributed by atoms with Gasteiger partial charge in [-0.25, -0.2) is 15.0 Å². The number of hydrogen-bond acceptors (Lipinski definition) is 6. The van der Waals surface area contributed by atoms with Crippen molar-refractivity contribution in [2.24, 2.45) is 0 Å². The minimum Gasteiger partial charge on any atom is -0.378 e. The van der Waals surface area contributed by atoms with E-state index < -0.39 is 0 Å². The maximum Gasteiger partial charge on any atom is 0.270 e. The zero-order valence-electron chi connectivity index (χ0n) is 14.6. The van der Waals surface area contributed by atoms with Gasteiger partial charge in [0.25, 0.3) is 5.91 Å². The molecule has 1 aliphatic heterocycles. The molecule has 8 nitrogen and oxygen atoms in total. The Morgan fingerprint density at radius 1 is 1.23 bits per heavy atom. The van der Waals surface area contributed by atoms with E-state index in [1.54, 1.807) is 10.6 Å². The molecule has 1 fully saturated rings. The third-order valence-corrected chi connectivity index (χ3v) is 4.35. The maximum absolute atomic E-state index is 12.6. The summed E-state index contributed by atoms with van der Waals surface area (Å²) in [6.45, 7) is 5.11. The fraction of sp³-hybridized carbons (Fsp3) is 0.333. The average Bonchev–Trinajstić information content (AvgIpc) is 3.03. The van der Waals surface area contributed by atoms with Crippen molar-refractivity contribution in [3.8, 4) is 0 Å². The number of rotatable bonds is 4. The largest absolute Gasteiger partial charge is 0.378 e. The highest BCUT2D eigenvalue weighted by atomic mass is 16.5. The first-order valence-corrected chi connectivity index (χ1v) is 8.59. The average molecular weight is 352 g/mol. The van der Waals surface area contributed by atoms with Crippen LogP contribution in [0.25, 0.3) is 5.65 Å². The van der Waals surface area contributed by atoms with E-state index in [4.69, 9.17) is 4.74 Å². The molecule has 1 amide bonds. The molecule has 1 saturated heterocycles. The van der Waals surface area contributed by atoms with Crippen LogP contribution in [0.15, 0.2) is 36.7 Å². The molecule has 8 heteroatoms. The Hall–Kier alpha value is -3.00. The third-order valence-electron chi connectivity index (χ3n) is 4.35. The van der Waals surface area contributed by atoms with Gasteiger partial charge < -0.3 is 15.0 Å². The summed E-state index contributed by atoms with van der Waals surface area (Å²) in [7, 11) is 0. The Labute approximate surface area is 150 Å². The second-order valence-corrected chi connectivity index (χ2v) is 6.09. The van der Waals surface area contributed by atoms with Gasteiger partial charge in [-0.15, -0.1) is 0 Å². The summed E-state index contributed by atoms with van der Waals surface area (Å²) < 4.78 is 7.16. The van der Waals surface area contributed by atoms with Crippen LogP contribution in [0.1, 0.15) is 22.0 Å². The smallest absolute Gasteiger partial charge is 0.270 e. The van der Waals surface area contributed by atoms with Gasteiger partial charge in [-0.3, -0.25) is 9.20 Å². The van der Waals surface area contributed by atoms with E-state index in [9.17, 15) is 4.79 Å². The van der Waals surface area contributed by atoms with Gasteiger partial charge in [0.1, 0.15) is 23.0 Å². The van der Waals surface area contributed by atoms with Gasteiger partial charge in [0.15, 0.2) is 0 Å². The topological polar surface area (TPSA) is 84.7 Å². The highest BCUT2D eigenvalue weighted by molar-refractivity contribution is 5.94. The van der Waals surface area contributed by atoms with Crippen LogP contribution in [-0.4, -0.2) is 51.6 Å². The number of carbonyl (C=O) groups excluding carboxylic acids is 1. The molecule has 0 saturated carbocycles. The SMILES string of the molecule is Cc1nc2ccccn2c1C(=O)NCc1nccc(N2CCOCC2)n1. The number of anilines is 1. The van der Waals surface area contributed by atoms with Crippen LogP contribution in [0.5, 0.6) is 0 Å². The van der Waals surface area contributed by atoms with Crippen molar-refractivity contribution in [1.82, 2.24) is 24.7 Å². The van der Waals surface area contributed by atoms with Gasteiger partial charge in [-0.05, 0) is 25.1 Å². The molecule has 1 N–H and O–H groups in total. The zero-order valence-corrected chi connectivity index (χ0v) is 14.6. The van der Waals surface area contributed by atoms with Gasteiger partial charge in [0.05, 0.1) is 25.5 Å². The second kappa shape index (κ2) is 7.09. The van der Waals surface area contributed by atoms with E-state index in [2.05, 4.69) is 25.2 Å². The lowest BCUT2D eigenvalue weighted by Crippen LogP contribution is -2.37. The highest BCUT2D eigenvalue weighted by Gasteiger charge is 2.17. The molecule has 26 heavy (non-hydrogen) atoms. The molecule has 4 heterocycles. The van der Waals surface area contributed by atoms with Crippen LogP contribution in [0.4, 0.5) is 5.82 Å². The molecule has 3 aromatic heterocycles. The molecular weight excluding hydrogens is 332 g/mol. The molecule has 0 atom stereocenters. The number of ether oxygens (including phenoxy) is 1. The lowest BCUT2D eigenvalue weighted by Gasteiger charge is -2.27. The number of nitrogens with zero attached hydrogens (tertiary/aromatic N) is 5. The number of morpholine rings is 1. The first-order valence-electron chi connectivity index (χ1n) is 8.59. The number of amides is 1. The van der Waals surface area contributed by atoms with Gasteiger partial charge in [-0.2, -0.15) is 0 Å².